The van der Waals surface area contributed by atoms with Gasteiger partial charge in [0.05, 0.1) is 0 Å². The molecule has 0 aliphatic carbocycles. The van der Waals surface area contributed by atoms with E-state index in [0.29, 0.717) is 12.5 Å². The van der Waals surface area contributed by atoms with Gasteiger partial charge in [0, 0.05) is 23.0 Å². The molecule has 0 spiro atoms. The molecule has 0 aromatic heterocycles. The number of hydrogen-bond acceptors (Lipinski definition) is 2. The van der Waals surface area contributed by atoms with Gasteiger partial charge in [0.25, 0.3) is 0 Å². The standard InChI is InChI=1S/C13H19BrN2O/c1-9(16-10(2)8-13(15)17)7-11-3-5-12(14)6-4-11/h3-6,9-10,16H,7-8H2,1-2H3,(H2,15,17). The van der Waals surface area contributed by atoms with Crippen molar-refractivity contribution in [3.05, 3.63) is 34.3 Å². The summed E-state index contributed by atoms with van der Waals surface area (Å²) >= 11 is 3.41. The van der Waals surface area contributed by atoms with E-state index in [-0.39, 0.29) is 11.9 Å². The largest absolute Gasteiger partial charge is 0.370 e. The first-order valence-corrected chi connectivity index (χ1v) is 6.55. The maximum atomic E-state index is 10.8. The molecule has 0 saturated heterocycles. The molecule has 2 atom stereocenters. The molecular weight excluding hydrogens is 280 g/mol. The van der Waals surface area contributed by atoms with Crippen molar-refractivity contribution in [3.8, 4) is 0 Å². The quantitative estimate of drug-likeness (QED) is 0.846. The zero-order valence-electron chi connectivity index (χ0n) is 10.2. The van der Waals surface area contributed by atoms with Gasteiger partial charge in [-0.1, -0.05) is 28.1 Å². The van der Waals surface area contributed by atoms with E-state index >= 15 is 0 Å². The summed E-state index contributed by atoms with van der Waals surface area (Å²) < 4.78 is 1.09. The Labute approximate surface area is 111 Å². The van der Waals surface area contributed by atoms with Crippen LogP contribution in [-0.4, -0.2) is 18.0 Å². The Morgan fingerprint density at radius 1 is 1.29 bits per heavy atom. The van der Waals surface area contributed by atoms with Crippen molar-refractivity contribution in [2.75, 3.05) is 0 Å². The highest BCUT2D eigenvalue weighted by Gasteiger charge is 2.10. The highest BCUT2D eigenvalue weighted by molar-refractivity contribution is 9.10. The molecule has 1 aromatic rings. The zero-order chi connectivity index (χ0) is 12.8. The Kier molecular flexibility index (Phi) is 5.65. The number of halogens is 1. The number of amides is 1. The highest BCUT2D eigenvalue weighted by Crippen LogP contribution is 2.12. The average Bonchev–Trinajstić information content (AvgIpc) is 2.19. The van der Waals surface area contributed by atoms with Crippen LogP contribution < -0.4 is 11.1 Å². The Balaban J connectivity index is 2.41. The molecule has 94 valence electrons. The van der Waals surface area contributed by atoms with Crippen molar-refractivity contribution < 1.29 is 4.79 Å². The predicted molar refractivity (Wildman–Crippen MR) is 73.7 cm³/mol. The first kappa shape index (κ1) is 14.2. The molecule has 1 rings (SSSR count). The van der Waals surface area contributed by atoms with Crippen molar-refractivity contribution in [3.63, 3.8) is 0 Å². The van der Waals surface area contributed by atoms with E-state index < -0.39 is 0 Å². The summed E-state index contributed by atoms with van der Waals surface area (Å²) in [5.41, 5.74) is 6.43. The number of primary amides is 1. The van der Waals surface area contributed by atoms with Crippen LogP contribution in [0.1, 0.15) is 25.8 Å². The molecule has 0 saturated carbocycles. The number of nitrogens with one attached hydrogen (secondary N) is 1. The van der Waals surface area contributed by atoms with E-state index in [1.807, 2.05) is 19.1 Å². The number of carbonyl (C=O) groups excluding carboxylic acids is 1. The van der Waals surface area contributed by atoms with Crippen LogP contribution in [0.5, 0.6) is 0 Å². The fourth-order valence-corrected chi connectivity index (χ4v) is 2.14. The van der Waals surface area contributed by atoms with Gasteiger partial charge in [-0.3, -0.25) is 4.79 Å². The lowest BCUT2D eigenvalue weighted by Crippen LogP contribution is -2.38. The monoisotopic (exact) mass is 298 g/mol. The molecule has 17 heavy (non-hydrogen) atoms. The summed E-state index contributed by atoms with van der Waals surface area (Å²) in [6.45, 7) is 4.09. The van der Waals surface area contributed by atoms with Crippen LogP contribution in [0.4, 0.5) is 0 Å². The third kappa shape index (κ3) is 5.84. The van der Waals surface area contributed by atoms with Gasteiger partial charge in [0.1, 0.15) is 0 Å². The van der Waals surface area contributed by atoms with Crippen LogP contribution in [0.15, 0.2) is 28.7 Å². The molecule has 3 nitrogen and oxygen atoms in total. The lowest BCUT2D eigenvalue weighted by molar-refractivity contribution is -0.118. The summed E-state index contributed by atoms with van der Waals surface area (Å²) in [6.07, 6.45) is 1.32. The lowest BCUT2D eigenvalue weighted by atomic mass is 10.1. The minimum absolute atomic E-state index is 0.123. The number of benzene rings is 1. The fraction of sp³-hybridized carbons (Fsp3) is 0.462. The van der Waals surface area contributed by atoms with Gasteiger partial charge < -0.3 is 11.1 Å². The molecule has 1 aromatic carbocycles. The molecular formula is C13H19BrN2O. The number of rotatable bonds is 6. The van der Waals surface area contributed by atoms with E-state index in [2.05, 4.69) is 40.3 Å². The average molecular weight is 299 g/mol. The second kappa shape index (κ2) is 6.77. The van der Waals surface area contributed by atoms with Gasteiger partial charge in [-0.25, -0.2) is 0 Å². The van der Waals surface area contributed by atoms with Gasteiger partial charge in [-0.15, -0.1) is 0 Å². The van der Waals surface area contributed by atoms with E-state index in [0.717, 1.165) is 10.9 Å². The van der Waals surface area contributed by atoms with E-state index in [4.69, 9.17) is 5.73 Å². The van der Waals surface area contributed by atoms with E-state index in [9.17, 15) is 4.79 Å². The maximum Gasteiger partial charge on any atom is 0.218 e. The third-order valence-electron chi connectivity index (χ3n) is 2.53. The second-order valence-corrected chi connectivity index (χ2v) is 5.39. The van der Waals surface area contributed by atoms with Crippen molar-refractivity contribution in [2.45, 2.75) is 38.8 Å². The molecule has 3 N–H and O–H groups in total. The molecule has 0 bridgehead atoms. The molecule has 0 aliphatic rings. The molecule has 0 fully saturated rings. The number of carbonyl (C=O) groups is 1. The van der Waals surface area contributed by atoms with Crippen molar-refractivity contribution >= 4 is 21.8 Å². The second-order valence-electron chi connectivity index (χ2n) is 4.47. The summed E-state index contributed by atoms with van der Waals surface area (Å²) in [4.78, 5) is 10.8. The minimum atomic E-state index is -0.263. The Hall–Kier alpha value is -0.870. The predicted octanol–water partition coefficient (Wildman–Crippen LogP) is 2.23. The number of hydrogen-bond donors (Lipinski definition) is 2. The maximum absolute atomic E-state index is 10.8. The fourth-order valence-electron chi connectivity index (χ4n) is 1.88. The lowest BCUT2D eigenvalue weighted by Gasteiger charge is -2.19. The molecule has 0 aliphatic heterocycles. The highest BCUT2D eigenvalue weighted by atomic mass is 79.9. The van der Waals surface area contributed by atoms with Gasteiger partial charge in [-0.05, 0) is 38.0 Å². The SMILES string of the molecule is CC(CC(N)=O)NC(C)Cc1ccc(Br)cc1. The topological polar surface area (TPSA) is 55.1 Å². The van der Waals surface area contributed by atoms with Crippen molar-refractivity contribution in [1.82, 2.24) is 5.32 Å². The van der Waals surface area contributed by atoms with Gasteiger partial charge in [0.2, 0.25) is 5.91 Å². The smallest absolute Gasteiger partial charge is 0.218 e. The van der Waals surface area contributed by atoms with Crippen LogP contribution in [-0.2, 0) is 11.2 Å². The number of nitrogens with two attached hydrogens (primary N) is 1. The molecule has 0 radical (unpaired) electrons. The molecule has 0 heterocycles. The van der Waals surface area contributed by atoms with Crippen LogP contribution >= 0.6 is 15.9 Å². The van der Waals surface area contributed by atoms with E-state index in [1.54, 1.807) is 0 Å². The van der Waals surface area contributed by atoms with E-state index in [1.165, 1.54) is 5.56 Å². The van der Waals surface area contributed by atoms with Gasteiger partial charge in [0.15, 0.2) is 0 Å². The Morgan fingerprint density at radius 2 is 1.88 bits per heavy atom. The van der Waals surface area contributed by atoms with Crippen molar-refractivity contribution in [1.29, 1.82) is 0 Å². The zero-order valence-corrected chi connectivity index (χ0v) is 11.8. The molecule has 4 heteroatoms. The summed E-state index contributed by atoms with van der Waals surface area (Å²) in [5.74, 6) is -0.263. The Bertz CT molecular complexity index is 364. The van der Waals surface area contributed by atoms with Crippen LogP contribution in [0.2, 0.25) is 0 Å². The van der Waals surface area contributed by atoms with Crippen LogP contribution in [0.25, 0.3) is 0 Å². The van der Waals surface area contributed by atoms with Crippen LogP contribution in [0, 0.1) is 0 Å². The normalized spacial score (nSPS) is 14.3. The summed E-state index contributed by atoms with van der Waals surface area (Å²) in [5, 5.41) is 3.36. The van der Waals surface area contributed by atoms with Crippen LogP contribution in [0.3, 0.4) is 0 Å². The van der Waals surface area contributed by atoms with Crippen molar-refractivity contribution in [2.24, 2.45) is 5.73 Å². The third-order valence-corrected chi connectivity index (χ3v) is 3.06. The summed E-state index contributed by atoms with van der Waals surface area (Å²) in [7, 11) is 0. The van der Waals surface area contributed by atoms with Gasteiger partial charge >= 0.3 is 0 Å². The molecule has 2 unspecified atom stereocenters. The first-order chi connectivity index (χ1) is 7.97. The molecule has 1 amide bonds. The first-order valence-electron chi connectivity index (χ1n) is 5.76. The Morgan fingerprint density at radius 3 is 2.41 bits per heavy atom. The summed E-state index contributed by atoms with van der Waals surface area (Å²) in [6, 6.07) is 8.72. The minimum Gasteiger partial charge on any atom is -0.370 e. The van der Waals surface area contributed by atoms with Gasteiger partial charge in [-0.2, -0.15) is 0 Å².